The molecule has 0 aliphatic heterocycles. The lowest BCUT2D eigenvalue weighted by Gasteiger charge is -2.09. The van der Waals surface area contributed by atoms with E-state index >= 15 is 0 Å². The van der Waals surface area contributed by atoms with E-state index < -0.39 is 0 Å². The van der Waals surface area contributed by atoms with E-state index in [4.69, 9.17) is 9.47 Å². The van der Waals surface area contributed by atoms with Crippen LogP contribution in [0.1, 0.15) is 10.5 Å². The lowest BCUT2D eigenvalue weighted by atomic mass is 10.1. The molecule has 3 heterocycles. The molecule has 5 rings (SSSR count). The van der Waals surface area contributed by atoms with Crippen LogP contribution < -0.4 is 14.8 Å². The summed E-state index contributed by atoms with van der Waals surface area (Å²) in [7, 11) is 1.63. The smallest absolute Gasteiger partial charge is 0.274 e. The van der Waals surface area contributed by atoms with Crippen molar-refractivity contribution >= 4 is 22.6 Å². The number of hydrogen-bond donors (Lipinski definition) is 2. The molecule has 0 unspecified atom stereocenters. The Morgan fingerprint density at radius 2 is 1.61 bits per heavy atom. The summed E-state index contributed by atoms with van der Waals surface area (Å²) >= 11 is 0. The molecule has 1 amide bonds. The molecular weight excluding hydrogens is 416 g/mol. The van der Waals surface area contributed by atoms with E-state index in [0.29, 0.717) is 22.9 Å². The molecule has 0 spiro atoms. The van der Waals surface area contributed by atoms with Crippen LogP contribution in [0.5, 0.6) is 17.2 Å². The molecule has 2 N–H and O–H groups in total. The second-order valence-electron chi connectivity index (χ2n) is 7.29. The Hall–Kier alpha value is -4.65. The zero-order chi connectivity index (χ0) is 22.6. The van der Waals surface area contributed by atoms with Gasteiger partial charge in [0.15, 0.2) is 0 Å². The van der Waals surface area contributed by atoms with Crippen molar-refractivity contribution < 1.29 is 14.3 Å². The molecule has 0 fully saturated rings. The molecule has 0 bridgehead atoms. The highest BCUT2D eigenvalue weighted by Gasteiger charge is 2.10. The van der Waals surface area contributed by atoms with Crippen LogP contribution >= 0.6 is 0 Å². The zero-order valence-electron chi connectivity index (χ0n) is 17.8. The van der Waals surface area contributed by atoms with E-state index in [1.54, 1.807) is 49.8 Å². The van der Waals surface area contributed by atoms with Gasteiger partial charge in [-0.15, -0.1) is 0 Å². The van der Waals surface area contributed by atoms with Gasteiger partial charge in [-0.25, -0.2) is 4.98 Å². The number of aromatic amines is 1. The molecule has 33 heavy (non-hydrogen) atoms. The lowest BCUT2D eigenvalue weighted by molar-refractivity contribution is 0.102. The number of fused-ring (bicyclic) bond motifs is 1. The number of benzene rings is 2. The minimum Gasteiger partial charge on any atom is -0.497 e. The molecule has 0 radical (unpaired) electrons. The van der Waals surface area contributed by atoms with Gasteiger partial charge in [-0.05, 0) is 71.8 Å². The van der Waals surface area contributed by atoms with E-state index in [0.717, 1.165) is 27.9 Å². The highest BCUT2D eigenvalue weighted by atomic mass is 16.5. The summed E-state index contributed by atoms with van der Waals surface area (Å²) in [6.07, 6.45) is 5.14. The number of pyridine rings is 2. The number of methoxy groups -OCH3 is 1. The predicted octanol–water partition coefficient (Wildman–Crippen LogP) is 5.68. The van der Waals surface area contributed by atoms with Crippen molar-refractivity contribution in [2.24, 2.45) is 0 Å². The fourth-order valence-electron chi connectivity index (χ4n) is 3.47. The molecular formula is C26H20N4O3. The second-order valence-corrected chi connectivity index (χ2v) is 7.29. The quantitative estimate of drug-likeness (QED) is 0.358. The number of rotatable bonds is 6. The monoisotopic (exact) mass is 436 g/mol. The molecule has 7 heteroatoms. The third-order valence-corrected chi connectivity index (χ3v) is 5.18. The summed E-state index contributed by atoms with van der Waals surface area (Å²) in [5.74, 6) is 1.85. The Kier molecular flexibility index (Phi) is 5.43. The van der Waals surface area contributed by atoms with Gasteiger partial charge in [-0.1, -0.05) is 12.1 Å². The van der Waals surface area contributed by atoms with Gasteiger partial charge in [-0.3, -0.25) is 9.78 Å². The Morgan fingerprint density at radius 1 is 0.848 bits per heavy atom. The van der Waals surface area contributed by atoms with Gasteiger partial charge in [-0.2, -0.15) is 0 Å². The van der Waals surface area contributed by atoms with Gasteiger partial charge in [0.2, 0.25) is 0 Å². The van der Waals surface area contributed by atoms with Crippen LogP contribution in [0, 0.1) is 0 Å². The molecule has 0 atom stereocenters. The molecule has 162 valence electrons. The average Bonchev–Trinajstić information content (AvgIpc) is 3.35. The first kappa shape index (κ1) is 20.3. The van der Waals surface area contributed by atoms with Gasteiger partial charge in [0.05, 0.1) is 12.5 Å². The molecule has 0 saturated heterocycles. The Morgan fingerprint density at radius 3 is 2.39 bits per heavy atom. The summed E-state index contributed by atoms with van der Waals surface area (Å²) in [6.45, 7) is 0. The predicted molar refractivity (Wildman–Crippen MR) is 127 cm³/mol. The lowest BCUT2D eigenvalue weighted by Crippen LogP contribution is -2.13. The van der Waals surface area contributed by atoms with Crippen LogP contribution in [0.15, 0.2) is 91.4 Å². The number of ether oxygens (including phenoxy) is 2. The third-order valence-electron chi connectivity index (χ3n) is 5.18. The number of aromatic nitrogens is 3. The second kappa shape index (κ2) is 8.84. The summed E-state index contributed by atoms with van der Waals surface area (Å²) in [5.41, 5.74) is 3.61. The van der Waals surface area contributed by atoms with Crippen LogP contribution in [0.4, 0.5) is 5.69 Å². The third kappa shape index (κ3) is 4.38. The SMILES string of the molecule is COc1ccc(-c2ccnc(C(=O)Nc3ccc(Oc4ccnc5[nH]ccc45)cc3)c2)cc1. The van der Waals surface area contributed by atoms with E-state index in [9.17, 15) is 4.79 Å². The number of nitrogens with one attached hydrogen (secondary N) is 2. The maximum absolute atomic E-state index is 12.8. The largest absolute Gasteiger partial charge is 0.497 e. The van der Waals surface area contributed by atoms with Crippen molar-refractivity contribution in [3.8, 4) is 28.4 Å². The van der Waals surface area contributed by atoms with Gasteiger partial charge >= 0.3 is 0 Å². The normalized spacial score (nSPS) is 10.7. The fourth-order valence-corrected chi connectivity index (χ4v) is 3.47. The molecule has 0 saturated carbocycles. The van der Waals surface area contributed by atoms with Crippen LogP contribution in [0.2, 0.25) is 0 Å². The van der Waals surface area contributed by atoms with Crippen molar-refractivity contribution in [3.63, 3.8) is 0 Å². The van der Waals surface area contributed by atoms with Crippen LogP contribution in [-0.4, -0.2) is 28.0 Å². The Bertz CT molecular complexity index is 1410. The van der Waals surface area contributed by atoms with E-state index in [1.165, 1.54) is 0 Å². The molecule has 3 aromatic heterocycles. The number of carbonyl (C=O) groups excluding carboxylic acids is 1. The highest BCUT2D eigenvalue weighted by Crippen LogP contribution is 2.29. The maximum atomic E-state index is 12.8. The standard InChI is InChI=1S/C26H20N4O3/c1-32-20-6-2-17(3-7-20)18-10-13-27-23(16-18)26(31)30-19-4-8-21(9-5-19)33-24-12-15-29-25-22(24)11-14-28-25/h2-16H,1H3,(H,28,29)(H,30,31). The van der Waals surface area contributed by atoms with Gasteiger partial charge in [0.1, 0.15) is 28.6 Å². The number of hydrogen-bond acceptors (Lipinski definition) is 5. The minimum absolute atomic E-state index is 0.290. The van der Waals surface area contributed by atoms with E-state index in [1.807, 2.05) is 48.7 Å². The number of amides is 1. The first-order chi connectivity index (χ1) is 16.2. The zero-order valence-corrected chi connectivity index (χ0v) is 17.8. The molecule has 7 nitrogen and oxygen atoms in total. The topological polar surface area (TPSA) is 89.1 Å². The summed E-state index contributed by atoms with van der Waals surface area (Å²) in [4.78, 5) is 24.3. The van der Waals surface area contributed by atoms with Crippen molar-refractivity contribution in [1.29, 1.82) is 0 Å². The van der Waals surface area contributed by atoms with Gasteiger partial charge in [0.25, 0.3) is 5.91 Å². The van der Waals surface area contributed by atoms with Crippen LogP contribution in [0.25, 0.3) is 22.2 Å². The van der Waals surface area contributed by atoms with Gasteiger partial charge in [0, 0.05) is 24.3 Å². The summed E-state index contributed by atoms with van der Waals surface area (Å²) < 4.78 is 11.2. The van der Waals surface area contributed by atoms with Crippen molar-refractivity contribution in [3.05, 3.63) is 97.1 Å². The van der Waals surface area contributed by atoms with Gasteiger partial charge < -0.3 is 19.8 Å². The molecule has 0 aliphatic rings. The van der Waals surface area contributed by atoms with Crippen molar-refractivity contribution in [2.75, 3.05) is 12.4 Å². The van der Waals surface area contributed by atoms with Crippen LogP contribution in [-0.2, 0) is 0 Å². The molecule has 0 aliphatic carbocycles. The summed E-state index contributed by atoms with van der Waals surface area (Å²) in [6, 6.07) is 22.2. The Balaban J connectivity index is 1.28. The fraction of sp³-hybridized carbons (Fsp3) is 0.0385. The molecule has 5 aromatic rings. The highest BCUT2D eigenvalue weighted by molar-refractivity contribution is 6.03. The van der Waals surface area contributed by atoms with Crippen LogP contribution in [0.3, 0.4) is 0 Å². The number of nitrogens with zero attached hydrogens (tertiary/aromatic N) is 2. The number of carbonyl (C=O) groups is 1. The first-order valence-electron chi connectivity index (χ1n) is 10.3. The van der Waals surface area contributed by atoms with E-state index in [2.05, 4.69) is 20.3 Å². The van der Waals surface area contributed by atoms with Crippen molar-refractivity contribution in [2.45, 2.75) is 0 Å². The number of H-pyrrole nitrogens is 1. The Labute approximate surface area is 190 Å². The summed E-state index contributed by atoms with van der Waals surface area (Å²) in [5, 5.41) is 3.78. The minimum atomic E-state index is -0.290. The van der Waals surface area contributed by atoms with E-state index in [-0.39, 0.29) is 5.91 Å². The number of anilines is 1. The first-order valence-corrected chi connectivity index (χ1v) is 10.3. The van der Waals surface area contributed by atoms with Crippen molar-refractivity contribution in [1.82, 2.24) is 15.0 Å². The molecule has 2 aromatic carbocycles. The maximum Gasteiger partial charge on any atom is 0.274 e. The average molecular weight is 436 g/mol.